The molecule has 3 heterocycles. The van der Waals surface area contributed by atoms with Gasteiger partial charge in [-0.2, -0.15) is 0 Å². The van der Waals surface area contributed by atoms with Crippen molar-refractivity contribution in [3.05, 3.63) is 57.2 Å². The first-order valence-electron chi connectivity index (χ1n) is 10.9. The Kier molecular flexibility index (Phi) is 7.61. The van der Waals surface area contributed by atoms with Gasteiger partial charge >= 0.3 is 0 Å². The van der Waals surface area contributed by atoms with E-state index >= 15 is 0 Å². The third kappa shape index (κ3) is 6.33. The summed E-state index contributed by atoms with van der Waals surface area (Å²) >= 11 is 7.41. The maximum absolute atomic E-state index is 13.0. The normalized spacial score (nSPS) is 14.7. The molecule has 4 rings (SSSR count). The number of hydrogen-bond donors (Lipinski definition) is 3. The highest BCUT2D eigenvalue weighted by molar-refractivity contribution is 7.14. The topological polar surface area (TPSA) is 109 Å². The highest BCUT2D eigenvalue weighted by Gasteiger charge is 2.28. The standard InChI is InChI=1S/C23H26ClN5O3S/c1-14-18(11-16(24)12-25-14)26-13-17-6-7-20(33-17)23(31)27-19(10-15-4-2-3-5-15)22(30)28-21-8-9-32-29-21/h6-9,11-12,15,19,26H,2-5,10,13H2,1H3,(H,27,31)(H,28,29,30). The van der Waals surface area contributed by atoms with E-state index in [4.69, 9.17) is 16.1 Å². The molecule has 33 heavy (non-hydrogen) atoms. The van der Waals surface area contributed by atoms with Crippen molar-refractivity contribution in [2.75, 3.05) is 10.6 Å². The Hall–Kier alpha value is -2.91. The largest absolute Gasteiger partial charge is 0.379 e. The predicted molar refractivity (Wildman–Crippen MR) is 129 cm³/mol. The summed E-state index contributed by atoms with van der Waals surface area (Å²) in [6.07, 6.45) is 8.10. The first-order valence-corrected chi connectivity index (χ1v) is 12.1. The zero-order valence-electron chi connectivity index (χ0n) is 18.3. The van der Waals surface area contributed by atoms with E-state index in [0.717, 1.165) is 29.1 Å². The molecule has 0 bridgehead atoms. The lowest BCUT2D eigenvalue weighted by molar-refractivity contribution is -0.118. The van der Waals surface area contributed by atoms with Gasteiger partial charge in [0.25, 0.3) is 5.91 Å². The van der Waals surface area contributed by atoms with Gasteiger partial charge in [0.1, 0.15) is 12.3 Å². The number of carbonyl (C=O) groups excluding carboxylic acids is 2. The number of amides is 2. The van der Waals surface area contributed by atoms with E-state index in [1.54, 1.807) is 18.3 Å². The third-order valence-electron chi connectivity index (χ3n) is 5.75. The summed E-state index contributed by atoms with van der Waals surface area (Å²) in [5.74, 6) is 0.216. The number of aromatic nitrogens is 2. The van der Waals surface area contributed by atoms with Crippen LogP contribution < -0.4 is 16.0 Å². The third-order valence-corrected chi connectivity index (χ3v) is 7.04. The molecule has 174 valence electrons. The first-order chi connectivity index (χ1) is 16.0. The molecule has 1 unspecified atom stereocenters. The van der Waals surface area contributed by atoms with E-state index in [-0.39, 0.29) is 11.8 Å². The van der Waals surface area contributed by atoms with Crippen LogP contribution in [0, 0.1) is 12.8 Å². The summed E-state index contributed by atoms with van der Waals surface area (Å²) in [4.78, 5) is 31.6. The molecule has 3 aromatic rings. The van der Waals surface area contributed by atoms with Gasteiger partial charge in [0, 0.05) is 23.7 Å². The fraction of sp³-hybridized carbons (Fsp3) is 0.391. The molecule has 0 aromatic carbocycles. The summed E-state index contributed by atoms with van der Waals surface area (Å²) in [5.41, 5.74) is 1.70. The number of nitrogens with zero attached hydrogens (tertiary/aromatic N) is 2. The molecule has 0 radical (unpaired) electrons. The lowest BCUT2D eigenvalue weighted by Gasteiger charge is -2.20. The zero-order chi connectivity index (χ0) is 23.2. The van der Waals surface area contributed by atoms with Gasteiger partial charge in [0.2, 0.25) is 5.91 Å². The fourth-order valence-electron chi connectivity index (χ4n) is 3.99. The number of hydrogen-bond acceptors (Lipinski definition) is 7. The molecule has 8 nitrogen and oxygen atoms in total. The Bertz CT molecular complexity index is 1100. The van der Waals surface area contributed by atoms with Gasteiger partial charge in [-0.05, 0) is 37.5 Å². The smallest absolute Gasteiger partial charge is 0.262 e. The lowest BCUT2D eigenvalue weighted by atomic mass is 9.97. The minimum Gasteiger partial charge on any atom is -0.379 e. The molecule has 1 fully saturated rings. The summed E-state index contributed by atoms with van der Waals surface area (Å²) in [5, 5.41) is 13.3. The van der Waals surface area contributed by atoms with Gasteiger partial charge in [-0.3, -0.25) is 14.6 Å². The minimum absolute atomic E-state index is 0.259. The molecule has 1 atom stereocenters. The molecule has 0 saturated heterocycles. The van der Waals surface area contributed by atoms with Crippen molar-refractivity contribution >= 4 is 46.3 Å². The number of aryl methyl sites for hydroxylation is 1. The van der Waals surface area contributed by atoms with Crippen LogP contribution in [0.3, 0.4) is 0 Å². The second-order valence-corrected chi connectivity index (χ2v) is 9.80. The number of anilines is 2. The maximum Gasteiger partial charge on any atom is 0.262 e. The Morgan fingerprint density at radius 1 is 1.27 bits per heavy atom. The molecule has 0 aliphatic heterocycles. The fourth-order valence-corrected chi connectivity index (χ4v) is 5.00. The van der Waals surface area contributed by atoms with Gasteiger partial charge in [0.15, 0.2) is 5.82 Å². The quantitative estimate of drug-likeness (QED) is 0.391. The molecular weight excluding hydrogens is 462 g/mol. The van der Waals surface area contributed by atoms with E-state index < -0.39 is 6.04 Å². The molecule has 1 aliphatic carbocycles. The van der Waals surface area contributed by atoms with Gasteiger partial charge in [-0.1, -0.05) is 42.4 Å². The number of nitrogens with one attached hydrogen (secondary N) is 3. The second kappa shape index (κ2) is 10.8. The van der Waals surface area contributed by atoms with Crippen LogP contribution >= 0.6 is 22.9 Å². The molecule has 2 amide bonds. The molecule has 1 saturated carbocycles. The minimum atomic E-state index is -0.638. The highest BCUT2D eigenvalue weighted by Crippen LogP contribution is 2.29. The van der Waals surface area contributed by atoms with Crippen molar-refractivity contribution in [1.29, 1.82) is 0 Å². The molecule has 3 N–H and O–H groups in total. The maximum atomic E-state index is 13.0. The Balaban J connectivity index is 1.39. The summed E-state index contributed by atoms with van der Waals surface area (Å²) in [6, 6.07) is 6.44. The van der Waals surface area contributed by atoms with Crippen molar-refractivity contribution in [2.24, 2.45) is 5.92 Å². The van der Waals surface area contributed by atoms with Crippen LogP contribution in [-0.2, 0) is 11.3 Å². The van der Waals surface area contributed by atoms with Crippen LogP contribution in [0.4, 0.5) is 11.5 Å². The van der Waals surface area contributed by atoms with Crippen LogP contribution in [0.2, 0.25) is 5.02 Å². The number of carbonyl (C=O) groups is 2. The van der Waals surface area contributed by atoms with Crippen LogP contribution in [0.1, 0.15) is 52.3 Å². The van der Waals surface area contributed by atoms with E-state index in [1.165, 1.54) is 30.4 Å². The van der Waals surface area contributed by atoms with Crippen molar-refractivity contribution < 1.29 is 14.1 Å². The molecule has 0 spiro atoms. The van der Waals surface area contributed by atoms with Crippen LogP contribution in [0.25, 0.3) is 0 Å². The van der Waals surface area contributed by atoms with Crippen molar-refractivity contribution in [1.82, 2.24) is 15.5 Å². The van der Waals surface area contributed by atoms with E-state index in [0.29, 0.717) is 34.6 Å². The Morgan fingerprint density at radius 3 is 2.85 bits per heavy atom. The van der Waals surface area contributed by atoms with Crippen molar-refractivity contribution in [2.45, 2.75) is 51.6 Å². The van der Waals surface area contributed by atoms with Crippen LogP contribution in [0.15, 0.2) is 41.2 Å². The van der Waals surface area contributed by atoms with Crippen LogP contribution in [0.5, 0.6) is 0 Å². The van der Waals surface area contributed by atoms with Gasteiger partial charge < -0.3 is 20.5 Å². The predicted octanol–water partition coefficient (Wildman–Crippen LogP) is 5.02. The average molecular weight is 488 g/mol. The lowest BCUT2D eigenvalue weighted by Crippen LogP contribution is -2.44. The van der Waals surface area contributed by atoms with Gasteiger partial charge in [-0.15, -0.1) is 11.3 Å². The number of halogens is 1. The van der Waals surface area contributed by atoms with Crippen molar-refractivity contribution in [3.63, 3.8) is 0 Å². The monoisotopic (exact) mass is 487 g/mol. The van der Waals surface area contributed by atoms with Gasteiger partial charge in [-0.25, -0.2) is 0 Å². The number of rotatable bonds is 9. The summed E-state index contributed by atoms with van der Waals surface area (Å²) in [6.45, 7) is 2.44. The van der Waals surface area contributed by atoms with Crippen molar-refractivity contribution in [3.8, 4) is 0 Å². The number of pyridine rings is 1. The van der Waals surface area contributed by atoms with E-state index in [9.17, 15) is 9.59 Å². The molecule has 1 aliphatic rings. The molecule has 10 heteroatoms. The SMILES string of the molecule is Cc1ncc(Cl)cc1NCc1ccc(C(=O)NC(CC2CCCC2)C(=O)Nc2ccon2)s1. The summed E-state index contributed by atoms with van der Waals surface area (Å²) in [7, 11) is 0. The second-order valence-electron chi connectivity index (χ2n) is 8.19. The molecular formula is C23H26ClN5O3S. The highest BCUT2D eigenvalue weighted by atomic mass is 35.5. The summed E-state index contributed by atoms with van der Waals surface area (Å²) < 4.78 is 4.78. The van der Waals surface area contributed by atoms with Crippen LogP contribution in [-0.4, -0.2) is 28.0 Å². The molecule has 3 aromatic heterocycles. The van der Waals surface area contributed by atoms with E-state index in [2.05, 4.69) is 26.1 Å². The average Bonchev–Trinajstić information content (AvgIpc) is 3.57. The first kappa shape index (κ1) is 23.3. The zero-order valence-corrected chi connectivity index (χ0v) is 19.8. The Labute approximate surface area is 201 Å². The number of thiophene rings is 1. The Morgan fingerprint density at radius 2 is 2.09 bits per heavy atom. The van der Waals surface area contributed by atoms with Gasteiger partial charge in [0.05, 0.1) is 21.3 Å². The van der Waals surface area contributed by atoms with E-state index in [1.807, 2.05) is 19.1 Å².